The zero-order valence-corrected chi connectivity index (χ0v) is 15.2. The van der Waals surface area contributed by atoms with Gasteiger partial charge in [-0.25, -0.2) is 4.79 Å². The molecule has 11 heteroatoms. The van der Waals surface area contributed by atoms with E-state index in [9.17, 15) is 19.8 Å². The van der Waals surface area contributed by atoms with Crippen molar-refractivity contribution in [3.63, 3.8) is 0 Å². The van der Waals surface area contributed by atoms with Gasteiger partial charge in [0.25, 0.3) is 0 Å². The van der Waals surface area contributed by atoms with Gasteiger partial charge >= 0.3 is 11.9 Å². The predicted molar refractivity (Wildman–Crippen MR) is 90.5 cm³/mol. The summed E-state index contributed by atoms with van der Waals surface area (Å²) >= 11 is 3.46. The van der Waals surface area contributed by atoms with Gasteiger partial charge in [0.2, 0.25) is 0 Å². The van der Waals surface area contributed by atoms with Gasteiger partial charge in [-0.2, -0.15) is 0 Å². The van der Waals surface area contributed by atoms with Crippen LogP contribution in [-0.4, -0.2) is 99.1 Å². The van der Waals surface area contributed by atoms with E-state index < -0.39 is 36.6 Å². The summed E-state index contributed by atoms with van der Waals surface area (Å²) in [6.45, 7) is 0.637. The Bertz CT molecular complexity index is 410. The maximum absolute atomic E-state index is 11.7. The van der Waals surface area contributed by atoms with Gasteiger partial charge in [0, 0.05) is 32.4 Å². The van der Waals surface area contributed by atoms with Crippen molar-refractivity contribution in [2.45, 2.75) is 50.3 Å². The second-order valence-electron chi connectivity index (χ2n) is 5.86. The van der Waals surface area contributed by atoms with Crippen LogP contribution in [0.2, 0.25) is 0 Å². The summed E-state index contributed by atoms with van der Waals surface area (Å²) in [6, 6.07) is -1.51. The highest BCUT2D eigenvalue weighted by atomic mass is 32.1. The molecule has 0 aromatic heterocycles. The molecule has 0 aliphatic carbocycles. The number of carbonyl (C=O) groups is 2. The van der Waals surface area contributed by atoms with Crippen molar-refractivity contribution >= 4 is 24.8 Å². The third-order valence-corrected chi connectivity index (χ3v) is 4.14. The zero-order chi connectivity index (χ0) is 19.6. The maximum Gasteiger partial charge on any atom is 0.335 e. The van der Waals surface area contributed by atoms with E-state index in [1.807, 2.05) is 0 Å². The van der Waals surface area contributed by atoms with Gasteiger partial charge in [-0.1, -0.05) is 0 Å². The lowest BCUT2D eigenvalue weighted by Gasteiger charge is -2.32. The van der Waals surface area contributed by atoms with E-state index in [0.29, 0.717) is 13.1 Å². The van der Waals surface area contributed by atoms with Crippen molar-refractivity contribution in [2.24, 2.45) is 0 Å². The first-order valence-electron chi connectivity index (χ1n) is 7.79. The van der Waals surface area contributed by atoms with E-state index in [1.165, 1.54) is 0 Å². The molecule has 25 heavy (non-hydrogen) atoms. The van der Waals surface area contributed by atoms with Gasteiger partial charge in [0.05, 0.1) is 6.04 Å². The van der Waals surface area contributed by atoms with Crippen molar-refractivity contribution in [3.05, 3.63) is 0 Å². The van der Waals surface area contributed by atoms with Crippen LogP contribution in [0.5, 0.6) is 0 Å². The fourth-order valence-corrected chi connectivity index (χ4v) is 2.51. The van der Waals surface area contributed by atoms with Crippen LogP contribution in [-0.2, 0) is 13.8 Å². The number of nitrogens with zero attached hydrogens (tertiary/aromatic N) is 2. The zero-order valence-electron chi connectivity index (χ0n) is 14.4. The fourth-order valence-electron chi connectivity index (χ4n) is 2.39. The molecular weight excluding hydrogens is 356 g/mol. The van der Waals surface area contributed by atoms with Crippen molar-refractivity contribution in [1.29, 1.82) is 0 Å². The predicted octanol–water partition coefficient (Wildman–Crippen LogP) is -1.76. The number of carboxylic acids is 1. The Labute approximate surface area is 152 Å². The molecule has 2 atom stereocenters. The summed E-state index contributed by atoms with van der Waals surface area (Å²) in [5, 5.41) is 45.4. The van der Waals surface area contributed by atoms with Crippen LogP contribution in [0.25, 0.3) is 0 Å². The summed E-state index contributed by atoms with van der Waals surface area (Å²) < 4.78 is 4.39. The van der Waals surface area contributed by atoms with E-state index in [2.05, 4.69) is 17.1 Å². The first-order chi connectivity index (χ1) is 11.6. The number of thiol groups is 1. The Balaban J connectivity index is 4.68. The number of likely N-dealkylation sites (N-methyl/N-ethyl adjacent to an activating group) is 2. The van der Waals surface area contributed by atoms with E-state index >= 15 is 0 Å². The summed E-state index contributed by atoms with van der Waals surface area (Å²) in [5.41, 5.74) is 0. The van der Waals surface area contributed by atoms with Crippen LogP contribution in [0.3, 0.4) is 0 Å². The fraction of sp³-hybridized carbons (Fsp3) is 0.857. The molecule has 0 amide bonds. The number of carbonyl (C=O) groups excluding carboxylic acids is 1. The Hall–Kier alpha value is -0.950. The Morgan fingerprint density at radius 1 is 1.00 bits per heavy atom. The molecule has 0 spiro atoms. The number of aliphatic hydroxyl groups excluding tert-OH is 2. The van der Waals surface area contributed by atoms with Gasteiger partial charge in [0.1, 0.15) is 6.04 Å². The van der Waals surface area contributed by atoms with Crippen molar-refractivity contribution in [2.75, 3.05) is 27.2 Å². The highest BCUT2D eigenvalue weighted by molar-refractivity contribution is 7.75. The van der Waals surface area contributed by atoms with Crippen LogP contribution in [0.1, 0.15) is 25.7 Å². The third-order valence-electron chi connectivity index (χ3n) is 3.96. The van der Waals surface area contributed by atoms with Crippen LogP contribution in [0, 0.1) is 0 Å². The highest BCUT2D eigenvalue weighted by Crippen LogP contribution is 2.12. The van der Waals surface area contributed by atoms with Gasteiger partial charge < -0.3 is 29.7 Å². The molecule has 0 rings (SSSR count). The molecule has 0 radical (unpaired) electrons. The standard InChI is InChI=1S/C14H28N2O8S/c1-15(9(13(21)22)3-5-11(17)18)7-8-16(2)10(14(23)24-25)4-6-12(19)20/h9-11,13,17-18,21-22,25H,3-8H2,1-2H3,(H,19,20). The molecule has 0 aromatic rings. The third kappa shape index (κ3) is 9.94. The quantitative estimate of drug-likeness (QED) is 0.122. The van der Waals surface area contributed by atoms with Crippen molar-refractivity contribution in [3.8, 4) is 0 Å². The summed E-state index contributed by atoms with van der Waals surface area (Å²) in [4.78, 5) is 25.7. The topological polar surface area (TPSA) is 151 Å². The second-order valence-corrected chi connectivity index (χ2v) is 6.04. The van der Waals surface area contributed by atoms with Gasteiger partial charge in [-0.15, -0.1) is 0 Å². The smallest absolute Gasteiger partial charge is 0.335 e. The lowest BCUT2D eigenvalue weighted by Crippen LogP contribution is -2.47. The molecule has 0 aliphatic rings. The second kappa shape index (κ2) is 12.4. The minimum atomic E-state index is -1.67. The first-order valence-corrected chi connectivity index (χ1v) is 8.16. The molecule has 5 N–H and O–H groups in total. The van der Waals surface area contributed by atoms with Gasteiger partial charge in [-0.05, 0) is 33.4 Å². The van der Waals surface area contributed by atoms with Crippen molar-refractivity contribution in [1.82, 2.24) is 9.80 Å². The Kier molecular flexibility index (Phi) is 11.9. The molecule has 0 bridgehead atoms. The first kappa shape index (κ1) is 24.1. The maximum atomic E-state index is 11.7. The van der Waals surface area contributed by atoms with Crippen LogP contribution in [0.15, 0.2) is 0 Å². The van der Waals surface area contributed by atoms with Crippen LogP contribution < -0.4 is 0 Å². The number of aliphatic carboxylic acids is 1. The van der Waals surface area contributed by atoms with E-state index in [4.69, 9.17) is 15.3 Å². The minimum absolute atomic E-state index is 0.0182. The van der Waals surface area contributed by atoms with Gasteiger partial charge in [-0.3, -0.25) is 14.6 Å². The van der Waals surface area contributed by atoms with Crippen LogP contribution >= 0.6 is 12.9 Å². The average molecular weight is 384 g/mol. The van der Waals surface area contributed by atoms with Crippen molar-refractivity contribution < 1.29 is 39.3 Å². The SMILES string of the molecule is CN(CCN(C)C(CCC(O)O)C(O)O)C(CCC(=O)O)C(=O)OS. The van der Waals surface area contributed by atoms with E-state index in [-0.39, 0.29) is 25.7 Å². The largest absolute Gasteiger partial charge is 0.481 e. The number of rotatable bonds is 13. The number of aliphatic hydroxyl groups is 4. The minimum Gasteiger partial charge on any atom is -0.481 e. The van der Waals surface area contributed by atoms with Crippen LogP contribution in [0.4, 0.5) is 0 Å². The average Bonchev–Trinajstić information content (AvgIpc) is 2.51. The molecule has 0 saturated heterocycles. The lowest BCUT2D eigenvalue weighted by molar-refractivity contribution is -0.141. The molecule has 0 heterocycles. The number of hydrogen-bond donors (Lipinski definition) is 6. The normalized spacial score (nSPS) is 14.4. The molecule has 2 unspecified atom stereocenters. The lowest BCUT2D eigenvalue weighted by atomic mass is 10.1. The number of carboxylic acid groups (broad SMARTS) is 1. The van der Waals surface area contributed by atoms with E-state index in [0.717, 1.165) is 0 Å². The summed E-state index contributed by atoms with van der Waals surface area (Å²) in [7, 11) is 3.25. The molecule has 10 nitrogen and oxygen atoms in total. The highest BCUT2D eigenvalue weighted by Gasteiger charge is 2.27. The number of hydrogen-bond acceptors (Lipinski definition) is 10. The Morgan fingerprint density at radius 3 is 2.00 bits per heavy atom. The monoisotopic (exact) mass is 384 g/mol. The Morgan fingerprint density at radius 2 is 1.56 bits per heavy atom. The molecule has 148 valence electrons. The molecule has 0 saturated carbocycles. The van der Waals surface area contributed by atoms with E-state index in [1.54, 1.807) is 23.9 Å². The van der Waals surface area contributed by atoms with Gasteiger partial charge in [0.15, 0.2) is 12.6 Å². The summed E-state index contributed by atoms with van der Waals surface area (Å²) in [6.07, 6.45) is -3.23. The molecule has 0 aliphatic heterocycles. The molecule has 0 fully saturated rings. The summed E-state index contributed by atoms with van der Waals surface area (Å²) in [5.74, 6) is -1.70. The molecule has 0 aromatic carbocycles. The molecular formula is C14H28N2O8S.